The molecule has 3 saturated heterocycles. The van der Waals surface area contributed by atoms with Gasteiger partial charge in [0, 0.05) is 54.3 Å². The number of hydrogen-bond donors (Lipinski definition) is 2. The van der Waals surface area contributed by atoms with Gasteiger partial charge in [-0.2, -0.15) is 23.4 Å². The van der Waals surface area contributed by atoms with Crippen LogP contribution in [0.15, 0.2) is 23.9 Å². The number of nitrogens with two attached hydrogens (primary N) is 1. The maximum absolute atomic E-state index is 17.2. The fraction of sp³-hybridized carbons (Fsp3) is 0.645. The number of nitrogens with one attached hydrogen (secondary N) is 1. The van der Waals surface area contributed by atoms with E-state index >= 15 is 30.7 Å². The molecule has 0 saturated carbocycles. The van der Waals surface area contributed by atoms with E-state index in [2.05, 4.69) is 15.3 Å². The van der Waals surface area contributed by atoms with Gasteiger partial charge < -0.3 is 15.0 Å². The molecule has 3 N–H and O–H groups in total. The average Bonchev–Trinajstić information content (AvgIpc) is 3.35. The Labute approximate surface area is 265 Å². The molecule has 256 valence electrons. The van der Waals surface area contributed by atoms with E-state index in [1.54, 1.807) is 0 Å². The van der Waals surface area contributed by atoms with Crippen LogP contribution in [-0.4, -0.2) is 102 Å². The molecule has 6 rings (SSSR count). The Morgan fingerprint density at radius 3 is 2.47 bits per heavy atom. The molecule has 1 aliphatic carbocycles. The van der Waals surface area contributed by atoms with Crippen LogP contribution in [0.25, 0.3) is 16.5 Å². The van der Waals surface area contributed by atoms with Gasteiger partial charge in [-0.1, -0.05) is 19.1 Å². The number of fused-ring (bicyclic) bond motifs is 3. The average molecular weight is 674 g/mol. The number of ether oxygens (including phenoxy) is 1. The quantitative estimate of drug-likeness (QED) is 0.339. The molecule has 0 amide bonds. The second kappa shape index (κ2) is 11.8. The molecule has 2 aromatic rings. The third kappa shape index (κ3) is 5.52. The van der Waals surface area contributed by atoms with Crippen LogP contribution in [0.2, 0.25) is 0 Å². The van der Waals surface area contributed by atoms with Crippen LogP contribution in [0.3, 0.4) is 0 Å². The number of nitrogens with zero attached hydrogens (tertiary/aromatic N) is 5. The Hall–Kier alpha value is -3.13. The highest BCUT2D eigenvalue weighted by Crippen LogP contribution is 2.57. The first kappa shape index (κ1) is 33.8. The van der Waals surface area contributed by atoms with Crippen LogP contribution < -0.4 is 15.8 Å². The number of likely N-dealkylation sites (tertiary alicyclic amines) is 2. The molecule has 0 radical (unpaired) electrons. The Balaban J connectivity index is 1.48. The number of piperazine rings is 1. The van der Waals surface area contributed by atoms with Crippen LogP contribution in [0.1, 0.15) is 31.7 Å². The van der Waals surface area contributed by atoms with Crippen molar-refractivity contribution in [1.29, 1.82) is 5.26 Å². The third-order valence-electron chi connectivity index (χ3n) is 10.3. The van der Waals surface area contributed by atoms with E-state index < -0.39 is 95.2 Å². The van der Waals surface area contributed by atoms with Crippen LogP contribution in [0.5, 0.6) is 6.01 Å². The minimum Gasteiger partial charge on any atom is -0.463 e. The zero-order valence-electron chi connectivity index (χ0n) is 25.7. The van der Waals surface area contributed by atoms with Crippen molar-refractivity contribution in [1.82, 2.24) is 25.1 Å². The number of aromatic nitrogens is 2. The largest absolute Gasteiger partial charge is 0.463 e. The molecule has 3 aliphatic heterocycles. The van der Waals surface area contributed by atoms with Gasteiger partial charge in [-0.25, -0.2) is 22.5 Å². The molecule has 1 aromatic heterocycles. The number of hydrogen-bond acceptors (Lipinski definition) is 8. The highest BCUT2D eigenvalue weighted by molar-refractivity contribution is 5.87. The molecule has 8 nitrogen and oxygen atoms in total. The minimum atomic E-state index is -5.68. The molecular weight excluding hydrogens is 638 g/mol. The lowest BCUT2D eigenvalue weighted by atomic mass is 9.70. The molecule has 4 heterocycles. The zero-order valence-corrected chi connectivity index (χ0v) is 25.7. The minimum absolute atomic E-state index is 0.00450. The molecule has 47 heavy (non-hydrogen) atoms. The molecule has 16 heteroatoms. The third-order valence-corrected chi connectivity index (χ3v) is 10.3. The fourth-order valence-electron chi connectivity index (χ4n) is 7.84. The number of alkyl halides is 7. The normalized spacial score (nSPS) is 36.9. The highest BCUT2D eigenvalue weighted by atomic mass is 19.4. The lowest BCUT2D eigenvalue weighted by Crippen LogP contribution is -2.72. The van der Waals surface area contributed by atoms with Crippen molar-refractivity contribution in [2.24, 2.45) is 23.0 Å². The van der Waals surface area contributed by atoms with Gasteiger partial charge in [-0.05, 0) is 44.3 Å². The second-order valence-electron chi connectivity index (χ2n) is 13.6. The summed E-state index contributed by atoms with van der Waals surface area (Å²) in [6.07, 6.45) is -6.65. The summed E-state index contributed by atoms with van der Waals surface area (Å²) >= 11 is 0. The van der Waals surface area contributed by atoms with Crippen LogP contribution in [0.4, 0.5) is 35.1 Å². The Morgan fingerprint density at radius 1 is 1.17 bits per heavy atom. The topological polar surface area (TPSA) is 103 Å². The smallest absolute Gasteiger partial charge is 0.417 e. The van der Waals surface area contributed by atoms with Crippen molar-refractivity contribution >= 4 is 16.5 Å². The summed E-state index contributed by atoms with van der Waals surface area (Å²) in [6.45, 7) is 1.53. The monoisotopic (exact) mass is 673 g/mol. The van der Waals surface area contributed by atoms with Gasteiger partial charge >= 0.3 is 12.2 Å². The van der Waals surface area contributed by atoms with E-state index in [-0.39, 0.29) is 23.9 Å². The standard InChI is InChI=1S/C31H35F8N7O/c1-28(14-45(2)8-7-17(28)9-32)15-47-27-42-11-16-3-6-20(23(33)24(16)44-27)22-21(10-40)29(35,41)26(34)30(36,25(22)31(37,38)39)46-12-18-4-5-19(13-46)43-18/h3,6,11,17-19,21,26,43H,4-5,7-9,12-15,41H2,1-2H3/t17-,18-,19+,21?,26?,28+,29?,30?/m1/s1. The van der Waals surface area contributed by atoms with Gasteiger partial charge in [0.15, 0.2) is 5.82 Å². The predicted octanol–water partition coefficient (Wildman–Crippen LogP) is 4.61. The van der Waals surface area contributed by atoms with Gasteiger partial charge in [-0.3, -0.25) is 15.0 Å². The summed E-state index contributed by atoms with van der Waals surface area (Å²) in [5.41, 5.74) is -0.352. The molecule has 2 bridgehead atoms. The molecule has 4 aliphatic rings. The van der Waals surface area contributed by atoms with Gasteiger partial charge in [0.1, 0.15) is 11.4 Å². The first-order chi connectivity index (χ1) is 22.0. The van der Waals surface area contributed by atoms with Crippen LogP contribution in [0, 0.1) is 34.4 Å². The molecule has 3 fully saturated rings. The Kier molecular flexibility index (Phi) is 8.46. The van der Waals surface area contributed by atoms with E-state index in [4.69, 9.17) is 10.5 Å². The van der Waals surface area contributed by atoms with Crippen LogP contribution >= 0.6 is 0 Å². The summed E-state index contributed by atoms with van der Waals surface area (Å²) in [6, 6.07) is 1.83. The zero-order chi connectivity index (χ0) is 34.1. The van der Waals surface area contributed by atoms with Gasteiger partial charge in [0.2, 0.25) is 17.8 Å². The maximum atomic E-state index is 17.2. The summed E-state index contributed by atoms with van der Waals surface area (Å²) < 4.78 is 130. The molecule has 1 aromatic carbocycles. The number of halogens is 8. The van der Waals surface area contributed by atoms with E-state index in [1.165, 1.54) is 6.07 Å². The van der Waals surface area contributed by atoms with Gasteiger partial charge in [-0.15, -0.1) is 0 Å². The Bertz CT molecular complexity index is 1600. The summed E-state index contributed by atoms with van der Waals surface area (Å²) in [5, 5.41) is 13.0. The van der Waals surface area contributed by atoms with E-state index in [0.717, 1.165) is 18.3 Å². The Morgan fingerprint density at radius 2 is 1.85 bits per heavy atom. The number of nitriles is 1. The second-order valence-corrected chi connectivity index (χ2v) is 13.6. The first-order valence-electron chi connectivity index (χ1n) is 15.4. The maximum Gasteiger partial charge on any atom is 0.417 e. The highest BCUT2D eigenvalue weighted by Gasteiger charge is 2.71. The van der Waals surface area contributed by atoms with Crippen molar-refractivity contribution in [3.8, 4) is 12.1 Å². The molecule has 8 atom stereocenters. The van der Waals surface area contributed by atoms with Crippen molar-refractivity contribution in [3.63, 3.8) is 0 Å². The SMILES string of the molecule is CN1CC[C@H](CF)[C@](C)(COc2ncc3ccc(C4=C(C(F)(F)F)C(F)(N5C[C@H]6CC[C@@H](C5)N6)C(F)C(N)(F)C4C#N)c(F)c3n2)C1. The summed E-state index contributed by atoms with van der Waals surface area (Å²) in [5.74, 6) is -12.7. The van der Waals surface area contributed by atoms with Crippen molar-refractivity contribution in [2.45, 2.75) is 62.2 Å². The number of piperidine rings is 1. The molecular formula is C31H35F8N7O. The van der Waals surface area contributed by atoms with E-state index in [0.29, 0.717) is 37.3 Å². The van der Waals surface area contributed by atoms with Crippen molar-refractivity contribution in [2.75, 3.05) is 46.5 Å². The van der Waals surface area contributed by atoms with Gasteiger partial charge in [0.05, 0.1) is 24.9 Å². The molecule has 0 spiro atoms. The molecule has 4 unspecified atom stereocenters. The fourth-order valence-corrected chi connectivity index (χ4v) is 7.84. The van der Waals surface area contributed by atoms with Crippen molar-refractivity contribution < 1.29 is 39.9 Å². The van der Waals surface area contributed by atoms with Gasteiger partial charge in [0.25, 0.3) is 0 Å². The number of rotatable bonds is 6. The van der Waals surface area contributed by atoms with Crippen LogP contribution in [-0.2, 0) is 0 Å². The predicted molar refractivity (Wildman–Crippen MR) is 155 cm³/mol. The van der Waals surface area contributed by atoms with Crippen molar-refractivity contribution in [3.05, 3.63) is 35.3 Å². The van der Waals surface area contributed by atoms with E-state index in [1.807, 2.05) is 18.9 Å². The summed E-state index contributed by atoms with van der Waals surface area (Å²) in [4.78, 5) is 10.7. The first-order valence-corrected chi connectivity index (χ1v) is 15.4. The lowest BCUT2D eigenvalue weighted by molar-refractivity contribution is -0.187. The van der Waals surface area contributed by atoms with E-state index in [9.17, 15) is 9.65 Å². The lowest BCUT2D eigenvalue weighted by Gasteiger charge is -2.51. The number of benzene rings is 1. The summed E-state index contributed by atoms with van der Waals surface area (Å²) in [7, 11) is 1.87.